The van der Waals surface area contributed by atoms with Gasteiger partial charge < -0.3 is 9.72 Å². The molecule has 1 aliphatic carbocycles. The van der Waals surface area contributed by atoms with E-state index < -0.39 is 0 Å². The molecule has 2 heterocycles. The fraction of sp³-hybridized carbons (Fsp3) is 0.400. The van der Waals surface area contributed by atoms with Gasteiger partial charge in [-0.1, -0.05) is 18.2 Å². The van der Waals surface area contributed by atoms with Crippen LogP contribution < -0.4 is 5.32 Å². The maximum Gasteiger partial charge on any atom is 0.137 e. The zero-order chi connectivity index (χ0) is 12.2. The quantitative estimate of drug-likeness (QED) is 0.834. The molecule has 3 heteroatoms. The minimum absolute atomic E-state index is 0.798. The number of imidazole rings is 1. The summed E-state index contributed by atoms with van der Waals surface area (Å²) in [7, 11) is 0. The Balaban J connectivity index is 1.54. The molecule has 0 saturated carbocycles. The van der Waals surface area contributed by atoms with E-state index in [4.69, 9.17) is 0 Å². The fourth-order valence-electron chi connectivity index (χ4n) is 2.52. The first-order valence-electron chi connectivity index (χ1n) is 6.70. The lowest BCUT2D eigenvalue weighted by atomic mass is 9.94. The third-order valence-corrected chi connectivity index (χ3v) is 3.53. The van der Waals surface area contributed by atoms with Gasteiger partial charge in [0.25, 0.3) is 0 Å². The van der Waals surface area contributed by atoms with E-state index in [9.17, 15) is 0 Å². The highest BCUT2D eigenvalue weighted by atomic mass is 15.0. The third-order valence-electron chi connectivity index (χ3n) is 3.53. The predicted molar refractivity (Wildman–Crippen MR) is 73.4 cm³/mol. The molecule has 0 saturated heterocycles. The van der Waals surface area contributed by atoms with Crippen molar-refractivity contribution in [3.63, 3.8) is 0 Å². The van der Waals surface area contributed by atoms with Crippen LogP contribution >= 0.6 is 0 Å². The molecule has 0 radical (unpaired) electrons. The molecule has 1 N–H and O–H groups in total. The number of rotatable bonds is 4. The molecule has 0 spiro atoms. The van der Waals surface area contributed by atoms with Gasteiger partial charge in [-0.2, -0.15) is 0 Å². The summed E-state index contributed by atoms with van der Waals surface area (Å²) in [5, 5.41) is 3.52. The molecule has 2 aromatic heterocycles. The Morgan fingerprint density at radius 1 is 1.33 bits per heavy atom. The zero-order valence-corrected chi connectivity index (χ0v) is 10.5. The number of nitrogens with zero attached hydrogens (tertiary/aromatic N) is 2. The number of pyridine rings is 1. The van der Waals surface area contributed by atoms with Crippen LogP contribution in [0.25, 0.3) is 5.65 Å². The van der Waals surface area contributed by atoms with Gasteiger partial charge in [0, 0.05) is 18.9 Å². The average molecular weight is 241 g/mol. The second kappa shape index (κ2) is 5.36. The minimum atomic E-state index is 0.798. The largest absolute Gasteiger partial charge is 0.311 e. The second-order valence-corrected chi connectivity index (χ2v) is 4.98. The monoisotopic (exact) mass is 241 g/mol. The van der Waals surface area contributed by atoms with Crippen molar-refractivity contribution in [1.29, 1.82) is 0 Å². The standard InChI is InChI=1S/C15H19N3/c1-2-6-13(7-3-1)10-16-11-14-12-18-9-5-4-8-15(18)17-14/h1-2,4-5,8-9,12-13,16H,3,6-7,10-11H2. The van der Waals surface area contributed by atoms with Gasteiger partial charge in [0.2, 0.25) is 0 Å². The van der Waals surface area contributed by atoms with Crippen LogP contribution in [0.15, 0.2) is 42.7 Å². The molecule has 1 atom stereocenters. The third kappa shape index (κ3) is 2.62. The van der Waals surface area contributed by atoms with Crippen LogP contribution in [0.5, 0.6) is 0 Å². The molecule has 1 aliphatic rings. The normalized spacial score (nSPS) is 19.4. The number of hydrogen-bond donors (Lipinski definition) is 1. The van der Waals surface area contributed by atoms with Crippen molar-refractivity contribution < 1.29 is 0 Å². The van der Waals surface area contributed by atoms with Crippen LogP contribution in [-0.4, -0.2) is 15.9 Å². The van der Waals surface area contributed by atoms with Crippen molar-refractivity contribution in [1.82, 2.24) is 14.7 Å². The lowest BCUT2D eigenvalue weighted by molar-refractivity contribution is 0.439. The summed E-state index contributed by atoms with van der Waals surface area (Å²) < 4.78 is 2.07. The van der Waals surface area contributed by atoms with Crippen molar-refractivity contribution in [3.8, 4) is 0 Å². The van der Waals surface area contributed by atoms with E-state index in [1.165, 1.54) is 19.3 Å². The number of fused-ring (bicyclic) bond motifs is 1. The number of allylic oxidation sites excluding steroid dienone is 2. The van der Waals surface area contributed by atoms with Crippen LogP contribution in [0, 0.1) is 5.92 Å². The predicted octanol–water partition coefficient (Wildman–Crippen LogP) is 2.78. The van der Waals surface area contributed by atoms with Crippen molar-refractivity contribution in [2.24, 2.45) is 5.92 Å². The number of hydrogen-bond acceptors (Lipinski definition) is 2. The van der Waals surface area contributed by atoms with Crippen LogP contribution in [0.2, 0.25) is 0 Å². The second-order valence-electron chi connectivity index (χ2n) is 4.98. The maximum atomic E-state index is 4.58. The molecule has 3 nitrogen and oxygen atoms in total. The van der Waals surface area contributed by atoms with Gasteiger partial charge in [-0.05, 0) is 43.9 Å². The number of aromatic nitrogens is 2. The van der Waals surface area contributed by atoms with Gasteiger partial charge in [-0.3, -0.25) is 0 Å². The van der Waals surface area contributed by atoms with Gasteiger partial charge in [0.15, 0.2) is 0 Å². The molecule has 94 valence electrons. The average Bonchev–Trinajstić information content (AvgIpc) is 2.82. The molecule has 2 aromatic rings. The van der Waals surface area contributed by atoms with Gasteiger partial charge in [0.1, 0.15) is 5.65 Å². The molecule has 18 heavy (non-hydrogen) atoms. The first kappa shape index (κ1) is 11.5. The SMILES string of the molecule is C1=CCC(CNCc2cn3ccccc3n2)CC1. The minimum Gasteiger partial charge on any atom is -0.311 e. The van der Waals surface area contributed by atoms with E-state index in [2.05, 4.69) is 33.1 Å². The van der Waals surface area contributed by atoms with Crippen molar-refractivity contribution in [2.75, 3.05) is 6.54 Å². The Hall–Kier alpha value is -1.61. The highest BCUT2D eigenvalue weighted by molar-refractivity contribution is 5.39. The molecule has 3 rings (SSSR count). The molecule has 0 aliphatic heterocycles. The van der Waals surface area contributed by atoms with E-state index >= 15 is 0 Å². The molecule has 0 bridgehead atoms. The van der Waals surface area contributed by atoms with Crippen LogP contribution in [0.1, 0.15) is 25.0 Å². The van der Waals surface area contributed by atoms with Gasteiger partial charge in [-0.15, -0.1) is 0 Å². The molecule has 0 fully saturated rings. The highest BCUT2D eigenvalue weighted by Gasteiger charge is 2.09. The highest BCUT2D eigenvalue weighted by Crippen LogP contribution is 2.17. The Morgan fingerprint density at radius 2 is 2.33 bits per heavy atom. The van der Waals surface area contributed by atoms with E-state index in [-0.39, 0.29) is 0 Å². The summed E-state index contributed by atoms with van der Waals surface area (Å²) in [4.78, 5) is 4.58. The Morgan fingerprint density at radius 3 is 3.17 bits per heavy atom. The van der Waals surface area contributed by atoms with E-state index in [1.807, 2.05) is 24.4 Å². The van der Waals surface area contributed by atoms with Crippen molar-refractivity contribution >= 4 is 5.65 Å². The summed E-state index contributed by atoms with van der Waals surface area (Å²) in [5.74, 6) is 0.798. The lowest BCUT2D eigenvalue weighted by Crippen LogP contribution is -2.23. The summed E-state index contributed by atoms with van der Waals surface area (Å²) in [5.41, 5.74) is 2.14. The molecule has 1 unspecified atom stereocenters. The Kier molecular flexibility index (Phi) is 3.42. The zero-order valence-electron chi connectivity index (χ0n) is 10.5. The van der Waals surface area contributed by atoms with E-state index in [0.717, 1.165) is 30.3 Å². The summed E-state index contributed by atoms with van der Waals surface area (Å²) in [6.45, 7) is 1.96. The first-order chi connectivity index (χ1) is 8.92. The van der Waals surface area contributed by atoms with Gasteiger partial charge >= 0.3 is 0 Å². The fourth-order valence-corrected chi connectivity index (χ4v) is 2.52. The van der Waals surface area contributed by atoms with Crippen molar-refractivity contribution in [3.05, 3.63) is 48.4 Å². The molecular formula is C15H19N3. The smallest absolute Gasteiger partial charge is 0.137 e. The van der Waals surface area contributed by atoms with Gasteiger partial charge in [0.05, 0.1) is 5.69 Å². The first-order valence-corrected chi connectivity index (χ1v) is 6.70. The van der Waals surface area contributed by atoms with E-state index in [1.54, 1.807) is 0 Å². The molecule has 0 aromatic carbocycles. The van der Waals surface area contributed by atoms with E-state index in [0.29, 0.717) is 0 Å². The number of nitrogens with one attached hydrogen (secondary N) is 1. The summed E-state index contributed by atoms with van der Waals surface area (Å²) >= 11 is 0. The Labute approximate surface area is 108 Å². The summed E-state index contributed by atoms with van der Waals surface area (Å²) in [6, 6.07) is 6.09. The molecular weight excluding hydrogens is 222 g/mol. The molecule has 0 amide bonds. The Bertz CT molecular complexity index is 508. The summed E-state index contributed by atoms with van der Waals surface area (Å²) in [6.07, 6.45) is 12.5. The van der Waals surface area contributed by atoms with Crippen LogP contribution in [0.4, 0.5) is 0 Å². The van der Waals surface area contributed by atoms with Crippen LogP contribution in [-0.2, 0) is 6.54 Å². The van der Waals surface area contributed by atoms with Crippen molar-refractivity contribution in [2.45, 2.75) is 25.8 Å². The maximum absolute atomic E-state index is 4.58. The topological polar surface area (TPSA) is 29.3 Å². The van der Waals surface area contributed by atoms with Crippen LogP contribution in [0.3, 0.4) is 0 Å². The van der Waals surface area contributed by atoms with Gasteiger partial charge in [-0.25, -0.2) is 4.98 Å². The lowest BCUT2D eigenvalue weighted by Gasteiger charge is -2.17.